The van der Waals surface area contributed by atoms with E-state index in [0.717, 1.165) is 14.6 Å². The molecule has 0 saturated heterocycles. The number of alkyl halides is 1. The topological polar surface area (TPSA) is 29.1 Å². The van der Waals surface area contributed by atoms with Crippen molar-refractivity contribution in [1.29, 1.82) is 0 Å². The third kappa shape index (κ3) is 4.25. The number of benzene rings is 1. The van der Waals surface area contributed by atoms with Crippen molar-refractivity contribution in [3.8, 4) is 0 Å². The third-order valence-corrected chi connectivity index (χ3v) is 2.94. The van der Waals surface area contributed by atoms with Gasteiger partial charge in [-0.15, -0.1) is 0 Å². The SMILES string of the molecule is CC(C)(Br)C(=O)Nc1cc(Br)cc(Br)c1. The van der Waals surface area contributed by atoms with E-state index in [0.29, 0.717) is 0 Å². The maximum atomic E-state index is 11.7. The van der Waals surface area contributed by atoms with Crippen LogP contribution in [-0.2, 0) is 4.79 Å². The summed E-state index contributed by atoms with van der Waals surface area (Å²) in [5.74, 6) is -0.0764. The molecule has 5 heteroatoms. The molecule has 82 valence electrons. The highest BCUT2D eigenvalue weighted by Gasteiger charge is 2.23. The molecule has 1 aromatic rings. The zero-order valence-corrected chi connectivity index (χ0v) is 13.0. The number of carbonyl (C=O) groups excluding carboxylic acids is 1. The molecule has 0 aliphatic rings. The Hall–Kier alpha value is 0.130. The van der Waals surface area contributed by atoms with Crippen LogP contribution < -0.4 is 5.32 Å². The highest BCUT2D eigenvalue weighted by Crippen LogP contribution is 2.25. The summed E-state index contributed by atoms with van der Waals surface area (Å²) in [5, 5.41) is 2.82. The molecule has 0 aliphatic heterocycles. The zero-order valence-electron chi connectivity index (χ0n) is 8.27. The molecular formula is C10H10Br3NO. The molecule has 0 spiro atoms. The van der Waals surface area contributed by atoms with Crippen LogP contribution in [0.5, 0.6) is 0 Å². The summed E-state index contributed by atoms with van der Waals surface area (Å²) >= 11 is 10.0. The Morgan fingerprint density at radius 3 is 2.07 bits per heavy atom. The number of carbonyl (C=O) groups is 1. The van der Waals surface area contributed by atoms with E-state index in [4.69, 9.17) is 0 Å². The molecule has 1 N–H and O–H groups in total. The van der Waals surface area contributed by atoms with E-state index in [9.17, 15) is 4.79 Å². The minimum atomic E-state index is -0.568. The van der Waals surface area contributed by atoms with Gasteiger partial charge in [-0.3, -0.25) is 4.79 Å². The number of halogens is 3. The third-order valence-electron chi connectivity index (χ3n) is 1.66. The van der Waals surface area contributed by atoms with Crippen LogP contribution in [-0.4, -0.2) is 10.2 Å². The van der Waals surface area contributed by atoms with E-state index < -0.39 is 4.32 Å². The van der Waals surface area contributed by atoms with Gasteiger partial charge >= 0.3 is 0 Å². The quantitative estimate of drug-likeness (QED) is 0.737. The summed E-state index contributed by atoms with van der Waals surface area (Å²) in [6, 6.07) is 5.61. The summed E-state index contributed by atoms with van der Waals surface area (Å²) in [6.07, 6.45) is 0. The van der Waals surface area contributed by atoms with Crippen LogP contribution in [0.2, 0.25) is 0 Å². The molecule has 0 saturated carbocycles. The van der Waals surface area contributed by atoms with Gasteiger partial charge < -0.3 is 5.32 Å². The molecule has 1 amide bonds. The number of hydrogen-bond acceptors (Lipinski definition) is 1. The molecule has 0 fully saturated rings. The Bertz CT molecular complexity index is 364. The van der Waals surface area contributed by atoms with Crippen LogP contribution in [0.1, 0.15) is 13.8 Å². The predicted molar refractivity (Wildman–Crippen MR) is 73.5 cm³/mol. The molecular weight excluding hydrogens is 390 g/mol. The molecule has 15 heavy (non-hydrogen) atoms. The average molecular weight is 400 g/mol. The van der Waals surface area contributed by atoms with Crippen molar-refractivity contribution < 1.29 is 4.79 Å². The maximum absolute atomic E-state index is 11.7. The molecule has 0 radical (unpaired) electrons. The first kappa shape index (κ1) is 13.2. The number of anilines is 1. The van der Waals surface area contributed by atoms with Crippen molar-refractivity contribution in [2.45, 2.75) is 18.2 Å². The number of nitrogens with one attached hydrogen (secondary N) is 1. The fourth-order valence-electron chi connectivity index (χ4n) is 0.906. The largest absolute Gasteiger partial charge is 0.325 e. The van der Waals surface area contributed by atoms with Crippen LogP contribution >= 0.6 is 47.8 Å². The van der Waals surface area contributed by atoms with Crippen molar-refractivity contribution in [2.24, 2.45) is 0 Å². The molecule has 0 atom stereocenters. The van der Waals surface area contributed by atoms with E-state index >= 15 is 0 Å². The van der Waals surface area contributed by atoms with Crippen LogP contribution in [0.15, 0.2) is 27.1 Å². The highest BCUT2D eigenvalue weighted by molar-refractivity contribution is 9.11. The Morgan fingerprint density at radius 1 is 1.20 bits per heavy atom. The smallest absolute Gasteiger partial charge is 0.240 e. The first-order valence-electron chi connectivity index (χ1n) is 4.25. The number of hydrogen-bond donors (Lipinski definition) is 1. The molecule has 2 nitrogen and oxygen atoms in total. The van der Waals surface area contributed by atoms with Crippen molar-refractivity contribution in [3.05, 3.63) is 27.1 Å². The van der Waals surface area contributed by atoms with Gasteiger partial charge in [0, 0.05) is 14.6 Å². The van der Waals surface area contributed by atoms with Crippen molar-refractivity contribution in [2.75, 3.05) is 5.32 Å². The van der Waals surface area contributed by atoms with Gasteiger partial charge in [0.25, 0.3) is 0 Å². The van der Waals surface area contributed by atoms with Crippen LogP contribution in [0.4, 0.5) is 5.69 Å². The second-order valence-electron chi connectivity index (χ2n) is 3.58. The summed E-state index contributed by atoms with van der Waals surface area (Å²) in [4.78, 5) is 11.7. The Kier molecular flexibility index (Phi) is 4.38. The van der Waals surface area contributed by atoms with Crippen molar-refractivity contribution >= 4 is 59.4 Å². The lowest BCUT2D eigenvalue weighted by Crippen LogP contribution is -2.30. The van der Waals surface area contributed by atoms with Crippen LogP contribution in [0.25, 0.3) is 0 Å². The van der Waals surface area contributed by atoms with E-state index in [1.807, 2.05) is 18.2 Å². The Balaban J connectivity index is 2.86. The first-order valence-corrected chi connectivity index (χ1v) is 6.63. The van der Waals surface area contributed by atoms with Gasteiger partial charge in [-0.05, 0) is 32.0 Å². The zero-order chi connectivity index (χ0) is 11.6. The second-order valence-corrected chi connectivity index (χ2v) is 7.40. The van der Waals surface area contributed by atoms with Gasteiger partial charge in [0.2, 0.25) is 5.91 Å². The van der Waals surface area contributed by atoms with Crippen molar-refractivity contribution in [1.82, 2.24) is 0 Å². The van der Waals surface area contributed by atoms with E-state index in [-0.39, 0.29) is 5.91 Å². The molecule has 1 rings (SSSR count). The fraction of sp³-hybridized carbons (Fsp3) is 0.300. The molecule has 0 aromatic heterocycles. The molecule has 0 bridgehead atoms. The maximum Gasteiger partial charge on any atom is 0.240 e. The average Bonchev–Trinajstić information content (AvgIpc) is 1.99. The highest BCUT2D eigenvalue weighted by atomic mass is 79.9. The lowest BCUT2D eigenvalue weighted by atomic mass is 10.2. The Labute approximate surface area is 114 Å². The number of amides is 1. The predicted octanol–water partition coefficient (Wildman–Crippen LogP) is 4.32. The molecule has 1 aromatic carbocycles. The minimum absolute atomic E-state index is 0.0764. The lowest BCUT2D eigenvalue weighted by molar-refractivity contribution is -0.117. The van der Waals surface area contributed by atoms with E-state index in [2.05, 4.69) is 53.1 Å². The normalized spacial score (nSPS) is 11.3. The Morgan fingerprint density at radius 2 is 1.67 bits per heavy atom. The van der Waals surface area contributed by atoms with Gasteiger partial charge in [0.15, 0.2) is 0 Å². The summed E-state index contributed by atoms with van der Waals surface area (Å²) in [7, 11) is 0. The van der Waals surface area contributed by atoms with E-state index in [1.165, 1.54) is 0 Å². The molecule has 0 aliphatic carbocycles. The summed E-state index contributed by atoms with van der Waals surface area (Å²) < 4.78 is 1.26. The first-order chi connectivity index (χ1) is 6.79. The molecule has 0 unspecified atom stereocenters. The number of rotatable bonds is 2. The van der Waals surface area contributed by atoms with Gasteiger partial charge in [-0.25, -0.2) is 0 Å². The van der Waals surface area contributed by atoms with Crippen LogP contribution in [0.3, 0.4) is 0 Å². The van der Waals surface area contributed by atoms with Gasteiger partial charge in [-0.1, -0.05) is 47.8 Å². The fourth-order valence-corrected chi connectivity index (χ4v) is 2.30. The lowest BCUT2D eigenvalue weighted by Gasteiger charge is -2.16. The molecule has 0 heterocycles. The van der Waals surface area contributed by atoms with Gasteiger partial charge in [0.1, 0.15) is 0 Å². The van der Waals surface area contributed by atoms with Gasteiger partial charge in [-0.2, -0.15) is 0 Å². The standard InChI is InChI=1S/C10H10Br3NO/c1-10(2,13)9(15)14-8-4-6(11)3-7(12)5-8/h3-5H,1-2H3,(H,14,15). The summed E-state index contributed by atoms with van der Waals surface area (Å²) in [6.45, 7) is 3.60. The summed E-state index contributed by atoms with van der Waals surface area (Å²) in [5.41, 5.74) is 0.758. The van der Waals surface area contributed by atoms with E-state index in [1.54, 1.807) is 13.8 Å². The second kappa shape index (κ2) is 4.97. The minimum Gasteiger partial charge on any atom is -0.325 e. The van der Waals surface area contributed by atoms with Crippen molar-refractivity contribution in [3.63, 3.8) is 0 Å². The van der Waals surface area contributed by atoms with Gasteiger partial charge in [0.05, 0.1) is 4.32 Å². The monoisotopic (exact) mass is 397 g/mol. The van der Waals surface area contributed by atoms with Crippen LogP contribution in [0, 0.1) is 0 Å².